The first-order valence-electron chi connectivity index (χ1n) is 21.8. The van der Waals surface area contributed by atoms with E-state index < -0.39 is 32.5 Å². The third-order valence-corrected chi connectivity index (χ3v) is 10.6. The molecule has 0 spiro atoms. The molecule has 0 bridgehead atoms. The van der Waals surface area contributed by atoms with E-state index in [0.717, 1.165) is 50.9 Å². The van der Waals surface area contributed by atoms with E-state index in [-0.39, 0.29) is 31.7 Å². The lowest BCUT2D eigenvalue weighted by molar-refractivity contribution is -0.161. The lowest BCUT2D eigenvalue weighted by atomic mass is 9.99. The number of hydrogen-bond donors (Lipinski definition) is 2. The Morgan fingerprint density at radius 1 is 0.648 bits per heavy atom. The molecule has 0 aromatic carbocycles. The van der Waals surface area contributed by atoms with E-state index in [1.165, 1.54) is 103 Å². The second-order valence-corrected chi connectivity index (χ2v) is 16.5. The van der Waals surface area contributed by atoms with Gasteiger partial charge in [-0.3, -0.25) is 14.1 Å². The van der Waals surface area contributed by atoms with Gasteiger partial charge in [0.15, 0.2) is 6.10 Å². The number of epoxide rings is 1. The van der Waals surface area contributed by atoms with Crippen LogP contribution in [0.5, 0.6) is 0 Å². The van der Waals surface area contributed by atoms with Crippen molar-refractivity contribution in [2.75, 3.05) is 13.2 Å². The molecule has 314 valence electrons. The Labute approximate surface area is 329 Å². The fourth-order valence-corrected chi connectivity index (χ4v) is 6.68. The maximum atomic E-state index is 12.4. The third kappa shape index (κ3) is 33.6. The monoisotopic (exact) mass is 783 g/mol. The molecular weight excluding hydrogens is 703 g/mol. The average molecular weight is 783 g/mol. The van der Waals surface area contributed by atoms with E-state index in [4.69, 9.17) is 24.0 Å². The smallest absolute Gasteiger partial charge is 0.462 e. The summed E-state index contributed by atoms with van der Waals surface area (Å²) in [6.07, 6.45) is 41.8. The van der Waals surface area contributed by atoms with Crippen molar-refractivity contribution < 1.29 is 42.7 Å². The van der Waals surface area contributed by atoms with Crippen molar-refractivity contribution in [3.8, 4) is 0 Å². The van der Waals surface area contributed by atoms with Gasteiger partial charge < -0.3 is 24.0 Å². The SMILES string of the molecule is CCCCC/C=C\C/C=C\CC1OC1C/C=C\CCCC(=O)O[C@H](COC(=O)CCCCCCCCCCCCCCCCC(C)CC)COP(=O)(O)O. The van der Waals surface area contributed by atoms with E-state index in [1.807, 2.05) is 6.08 Å². The zero-order valence-electron chi connectivity index (χ0n) is 34.5. The summed E-state index contributed by atoms with van der Waals surface area (Å²) in [5.41, 5.74) is 0. The topological polar surface area (TPSA) is 132 Å². The van der Waals surface area contributed by atoms with E-state index in [9.17, 15) is 14.2 Å². The Balaban J connectivity index is 2.09. The summed E-state index contributed by atoms with van der Waals surface area (Å²) in [5.74, 6) is -0.0738. The molecule has 1 heterocycles. The van der Waals surface area contributed by atoms with Crippen LogP contribution in [0.3, 0.4) is 0 Å². The van der Waals surface area contributed by atoms with Gasteiger partial charge in [0.25, 0.3) is 0 Å². The van der Waals surface area contributed by atoms with E-state index in [2.05, 4.69) is 55.7 Å². The molecule has 0 aromatic heterocycles. The normalized spacial score (nSPS) is 17.1. The number of carbonyl (C=O) groups excluding carboxylic acids is 2. The predicted molar refractivity (Wildman–Crippen MR) is 220 cm³/mol. The Hall–Kier alpha value is -1.77. The first kappa shape index (κ1) is 50.2. The molecule has 1 rings (SSSR count). The van der Waals surface area contributed by atoms with Crippen LogP contribution in [0, 0.1) is 5.92 Å². The number of rotatable bonds is 38. The van der Waals surface area contributed by atoms with Crippen LogP contribution in [0.25, 0.3) is 0 Å². The summed E-state index contributed by atoms with van der Waals surface area (Å²) in [5, 5.41) is 0. The third-order valence-electron chi connectivity index (χ3n) is 10.1. The number of hydrogen-bond acceptors (Lipinski definition) is 7. The quantitative estimate of drug-likeness (QED) is 0.0206. The largest absolute Gasteiger partial charge is 0.469 e. The van der Waals surface area contributed by atoms with Crippen LogP contribution in [-0.2, 0) is 32.9 Å². The molecule has 0 amide bonds. The van der Waals surface area contributed by atoms with Gasteiger partial charge in [-0.1, -0.05) is 166 Å². The van der Waals surface area contributed by atoms with Crippen molar-refractivity contribution in [2.45, 2.75) is 212 Å². The van der Waals surface area contributed by atoms with Gasteiger partial charge in [0, 0.05) is 12.8 Å². The molecule has 1 fully saturated rings. The average Bonchev–Trinajstić information content (AvgIpc) is 3.90. The summed E-state index contributed by atoms with van der Waals surface area (Å²) in [6.45, 7) is 5.99. The maximum Gasteiger partial charge on any atom is 0.469 e. The highest BCUT2D eigenvalue weighted by Crippen LogP contribution is 2.36. The zero-order chi connectivity index (χ0) is 39.5. The van der Waals surface area contributed by atoms with Gasteiger partial charge in [0.05, 0.1) is 18.8 Å². The van der Waals surface area contributed by atoms with Gasteiger partial charge in [-0.15, -0.1) is 0 Å². The van der Waals surface area contributed by atoms with Gasteiger partial charge in [-0.2, -0.15) is 0 Å². The second kappa shape index (κ2) is 34.5. The number of allylic oxidation sites excluding steroid dienone is 4. The molecule has 4 atom stereocenters. The van der Waals surface area contributed by atoms with Crippen molar-refractivity contribution in [3.63, 3.8) is 0 Å². The van der Waals surface area contributed by atoms with Crippen LogP contribution < -0.4 is 0 Å². The summed E-state index contributed by atoms with van der Waals surface area (Å²) in [4.78, 5) is 42.9. The summed E-state index contributed by atoms with van der Waals surface area (Å²) < 4.78 is 32.1. The molecule has 10 heteroatoms. The predicted octanol–water partition coefficient (Wildman–Crippen LogP) is 12.2. The first-order valence-corrected chi connectivity index (χ1v) is 23.3. The molecule has 1 aliphatic rings. The molecule has 9 nitrogen and oxygen atoms in total. The van der Waals surface area contributed by atoms with Crippen molar-refractivity contribution in [3.05, 3.63) is 36.5 Å². The van der Waals surface area contributed by atoms with Gasteiger partial charge in [0.1, 0.15) is 6.61 Å². The van der Waals surface area contributed by atoms with Crippen LogP contribution in [-0.4, -0.2) is 53.3 Å². The number of ether oxygens (including phenoxy) is 3. The highest BCUT2D eigenvalue weighted by molar-refractivity contribution is 7.46. The lowest BCUT2D eigenvalue weighted by Crippen LogP contribution is -2.29. The molecule has 3 unspecified atom stereocenters. The standard InChI is InChI=1S/C44H79O9P/c1-4-6-7-8-9-16-20-23-28-33-41-42(53-41)34-29-25-26-31-36-44(46)52-40(38-51-54(47,48)49)37-50-43(45)35-30-24-21-18-15-13-11-10-12-14-17-19-22-27-32-39(3)5-2/h9,16,23,25,28-29,39-42H,4-8,10-15,17-22,24,26-27,30-38H2,1-3H3,(H2,47,48,49)/b16-9-,28-23-,29-25-/t39?,40-,41?,42?/m1/s1. The second-order valence-electron chi connectivity index (χ2n) is 15.3. The number of carbonyl (C=O) groups is 2. The van der Waals surface area contributed by atoms with E-state index in [1.54, 1.807) is 0 Å². The number of phosphoric acid groups is 1. The summed E-state index contributed by atoms with van der Waals surface area (Å²) in [6, 6.07) is 0. The molecular formula is C44H79O9P. The Kier molecular flexibility index (Phi) is 32.1. The molecule has 0 saturated carbocycles. The molecule has 1 aliphatic heterocycles. The zero-order valence-corrected chi connectivity index (χ0v) is 35.4. The fraction of sp³-hybridized carbons (Fsp3) is 0.818. The fourth-order valence-electron chi connectivity index (χ4n) is 6.32. The summed E-state index contributed by atoms with van der Waals surface area (Å²) >= 11 is 0. The number of phosphoric ester groups is 1. The van der Waals surface area contributed by atoms with Crippen LogP contribution >= 0.6 is 7.82 Å². The van der Waals surface area contributed by atoms with Crippen molar-refractivity contribution in [1.29, 1.82) is 0 Å². The van der Waals surface area contributed by atoms with Crippen LogP contribution in [0.15, 0.2) is 36.5 Å². The van der Waals surface area contributed by atoms with Crippen molar-refractivity contribution >= 4 is 19.8 Å². The Bertz CT molecular complexity index is 1050. The van der Waals surface area contributed by atoms with Gasteiger partial charge in [-0.25, -0.2) is 4.57 Å². The van der Waals surface area contributed by atoms with E-state index in [0.29, 0.717) is 12.8 Å². The highest BCUT2D eigenvalue weighted by Gasteiger charge is 2.36. The molecule has 0 aliphatic carbocycles. The minimum atomic E-state index is -4.78. The Morgan fingerprint density at radius 3 is 1.76 bits per heavy atom. The van der Waals surface area contributed by atoms with Crippen molar-refractivity contribution in [1.82, 2.24) is 0 Å². The number of unbranched alkanes of at least 4 members (excludes halogenated alkanes) is 17. The maximum absolute atomic E-state index is 12.4. The number of esters is 2. The molecule has 0 aromatic rings. The summed E-state index contributed by atoms with van der Waals surface area (Å²) in [7, 11) is -4.78. The Morgan fingerprint density at radius 2 is 1.17 bits per heavy atom. The van der Waals surface area contributed by atoms with Crippen LogP contribution in [0.1, 0.15) is 194 Å². The van der Waals surface area contributed by atoms with Gasteiger partial charge in [0.2, 0.25) is 0 Å². The molecule has 2 N–H and O–H groups in total. The van der Waals surface area contributed by atoms with Crippen LogP contribution in [0.2, 0.25) is 0 Å². The highest BCUT2D eigenvalue weighted by atomic mass is 31.2. The lowest BCUT2D eigenvalue weighted by Gasteiger charge is -2.18. The van der Waals surface area contributed by atoms with Crippen LogP contribution in [0.4, 0.5) is 0 Å². The van der Waals surface area contributed by atoms with E-state index >= 15 is 0 Å². The molecule has 1 saturated heterocycles. The molecule has 0 radical (unpaired) electrons. The van der Waals surface area contributed by atoms with Crippen molar-refractivity contribution in [2.24, 2.45) is 5.92 Å². The first-order chi connectivity index (χ1) is 26.1. The van der Waals surface area contributed by atoms with Gasteiger partial charge >= 0.3 is 19.8 Å². The minimum Gasteiger partial charge on any atom is -0.462 e. The molecule has 54 heavy (non-hydrogen) atoms. The van der Waals surface area contributed by atoms with Gasteiger partial charge in [-0.05, 0) is 57.3 Å². The minimum absolute atomic E-state index is 0.129.